The Morgan fingerprint density at radius 1 is 1.09 bits per heavy atom. The lowest BCUT2D eigenvalue weighted by molar-refractivity contribution is 0.170. The van der Waals surface area contributed by atoms with Crippen LogP contribution in [0.25, 0.3) is 0 Å². The van der Waals surface area contributed by atoms with Crippen molar-refractivity contribution in [3.8, 4) is 28.7 Å². The van der Waals surface area contributed by atoms with Gasteiger partial charge in [0.1, 0.15) is 23.4 Å². The van der Waals surface area contributed by atoms with E-state index in [1.165, 1.54) is 0 Å². The highest BCUT2D eigenvalue weighted by Crippen LogP contribution is 2.43. The average molecular weight is 300 g/mol. The first-order chi connectivity index (χ1) is 10.7. The van der Waals surface area contributed by atoms with E-state index in [1.807, 2.05) is 18.2 Å². The van der Waals surface area contributed by atoms with Gasteiger partial charge in [-0.1, -0.05) is 6.07 Å². The number of fused-ring (bicyclic) bond motifs is 2. The van der Waals surface area contributed by atoms with E-state index in [4.69, 9.17) is 18.9 Å². The molecule has 0 saturated heterocycles. The first-order valence-corrected chi connectivity index (χ1v) is 7.20. The van der Waals surface area contributed by atoms with Crippen LogP contribution in [0, 0.1) is 0 Å². The molecule has 0 saturated carbocycles. The van der Waals surface area contributed by atoms with Crippen LogP contribution in [0.5, 0.6) is 28.7 Å². The summed E-state index contributed by atoms with van der Waals surface area (Å²) in [6.07, 6.45) is 1.60. The van der Waals surface area contributed by atoms with Crippen molar-refractivity contribution in [1.29, 1.82) is 0 Å². The van der Waals surface area contributed by atoms with E-state index in [-0.39, 0.29) is 18.6 Å². The van der Waals surface area contributed by atoms with Crippen LogP contribution in [0.3, 0.4) is 0 Å². The zero-order valence-corrected chi connectivity index (χ0v) is 12.2. The summed E-state index contributed by atoms with van der Waals surface area (Å²) in [5.74, 6) is 2.99. The molecule has 1 atom stereocenters. The molecule has 1 N–H and O–H groups in total. The highest BCUT2D eigenvalue weighted by molar-refractivity contribution is 5.52. The summed E-state index contributed by atoms with van der Waals surface area (Å²) in [4.78, 5) is 0. The molecule has 0 amide bonds. The molecule has 114 valence electrons. The Morgan fingerprint density at radius 3 is 2.82 bits per heavy atom. The average Bonchev–Trinajstić information content (AvgIpc) is 3.00. The van der Waals surface area contributed by atoms with Gasteiger partial charge in [0.25, 0.3) is 0 Å². The molecule has 0 radical (unpaired) electrons. The second-order valence-electron chi connectivity index (χ2n) is 5.38. The Balaban J connectivity index is 1.66. The molecule has 2 aliphatic rings. The van der Waals surface area contributed by atoms with Crippen molar-refractivity contribution >= 4 is 0 Å². The predicted molar refractivity (Wildman–Crippen MR) is 78.9 cm³/mol. The molecule has 2 aromatic carbocycles. The summed E-state index contributed by atoms with van der Waals surface area (Å²) in [5, 5.41) is 9.79. The minimum Gasteiger partial charge on any atom is -0.508 e. The number of rotatable bonds is 2. The minimum atomic E-state index is -0.0755. The lowest BCUT2D eigenvalue weighted by Crippen LogP contribution is -2.15. The first-order valence-electron chi connectivity index (χ1n) is 7.20. The Morgan fingerprint density at radius 2 is 1.95 bits per heavy atom. The van der Waals surface area contributed by atoms with Crippen LogP contribution in [0.15, 0.2) is 30.3 Å². The van der Waals surface area contributed by atoms with Crippen LogP contribution in [0.2, 0.25) is 0 Å². The maximum atomic E-state index is 9.79. The van der Waals surface area contributed by atoms with Crippen LogP contribution in [0.1, 0.15) is 23.7 Å². The number of methoxy groups -OCH3 is 1. The normalized spacial score (nSPS) is 18.5. The molecule has 5 heteroatoms. The number of benzene rings is 2. The fourth-order valence-electron chi connectivity index (χ4n) is 2.98. The van der Waals surface area contributed by atoms with E-state index in [1.54, 1.807) is 19.2 Å². The first kappa shape index (κ1) is 13.1. The fraction of sp³-hybridized carbons (Fsp3) is 0.294. The maximum Gasteiger partial charge on any atom is 0.231 e. The fourth-order valence-corrected chi connectivity index (χ4v) is 2.98. The van der Waals surface area contributed by atoms with Gasteiger partial charge in [-0.25, -0.2) is 0 Å². The molecule has 0 bridgehead atoms. The van der Waals surface area contributed by atoms with Gasteiger partial charge in [-0.05, 0) is 30.5 Å². The smallest absolute Gasteiger partial charge is 0.231 e. The number of phenols is 1. The van der Waals surface area contributed by atoms with Crippen molar-refractivity contribution in [2.45, 2.75) is 18.9 Å². The molecule has 22 heavy (non-hydrogen) atoms. The van der Waals surface area contributed by atoms with Crippen molar-refractivity contribution in [2.24, 2.45) is 0 Å². The summed E-state index contributed by atoms with van der Waals surface area (Å²) >= 11 is 0. The molecule has 0 fully saturated rings. The van der Waals surface area contributed by atoms with Crippen LogP contribution >= 0.6 is 0 Å². The minimum absolute atomic E-state index is 0.0755. The van der Waals surface area contributed by atoms with E-state index in [0.29, 0.717) is 11.5 Å². The lowest BCUT2D eigenvalue weighted by atomic mass is 9.96. The molecule has 4 rings (SSSR count). The summed E-state index contributed by atoms with van der Waals surface area (Å²) in [5.41, 5.74) is 2.04. The Labute approximate surface area is 128 Å². The monoisotopic (exact) mass is 300 g/mol. The third-order valence-corrected chi connectivity index (χ3v) is 4.07. The number of ether oxygens (including phenoxy) is 4. The second kappa shape index (κ2) is 5.02. The van der Waals surface area contributed by atoms with Crippen LogP contribution in [-0.4, -0.2) is 19.0 Å². The summed E-state index contributed by atoms with van der Waals surface area (Å²) in [7, 11) is 1.60. The Bertz CT molecular complexity index is 725. The quantitative estimate of drug-likeness (QED) is 0.923. The predicted octanol–water partition coefficient (Wildman–Crippen LogP) is 3.20. The Hall–Kier alpha value is -2.56. The molecule has 0 aromatic heterocycles. The highest BCUT2D eigenvalue weighted by Gasteiger charge is 2.26. The summed E-state index contributed by atoms with van der Waals surface area (Å²) < 4.78 is 22.1. The molecule has 2 aromatic rings. The SMILES string of the molecule is COc1cc(O)cc2c1CCC(c1ccc3c(c1)OCO3)O2. The van der Waals surface area contributed by atoms with E-state index in [9.17, 15) is 5.11 Å². The lowest BCUT2D eigenvalue weighted by Gasteiger charge is -2.27. The van der Waals surface area contributed by atoms with Crippen molar-refractivity contribution < 1.29 is 24.1 Å². The second-order valence-corrected chi connectivity index (χ2v) is 5.38. The number of aromatic hydroxyl groups is 1. The molecule has 5 nitrogen and oxygen atoms in total. The van der Waals surface area contributed by atoms with Crippen LogP contribution in [0.4, 0.5) is 0 Å². The maximum absolute atomic E-state index is 9.79. The molecular weight excluding hydrogens is 284 g/mol. The Kier molecular flexibility index (Phi) is 2.99. The number of phenolic OH excluding ortho intramolecular Hbond substituents is 1. The van der Waals surface area contributed by atoms with Gasteiger partial charge >= 0.3 is 0 Å². The molecule has 0 spiro atoms. The van der Waals surface area contributed by atoms with Crippen molar-refractivity contribution in [3.05, 3.63) is 41.5 Å². The molecule has 1 unspecified atom stereocenters. The standard InChI is InChI=1S/C17H16O5/c1-19-15-7-11(18)8-16-12(15)3-5-13(22-16)10-2-4-14-17(6-10)21-9-20-14/h2,4,6-8,13,18H,3,5,9H2,1H3. The van der Waals surface area contributed by atoms with Gasteiger partial charge in [-0.15, -0.1) is 0 Å². The van der Waals surface area contributed by atoms with E-state index >= 15 is 0 Å². The van der Waals surface area contributed by atoms with Crippen molar-refractivity contribution in [3.63, 3.8) is 0 Å². The third-order valence-electron chi connectivity index (χ3n) is 4.07. The van der Waals surface area contributed by atoms with Gasteiger partial charge in [-0.2, -0.15) is 0 Å². The van der Waals surface area contributed by atoms with Gasteiger partial charge in [0, 0.05) is 17.7 Å². The van der Waals surface area contributed by atoms with Crippen molar-refractivity contribution in [2.75, 3.05) is 13.9 Å². The largest absolute Gasteiger partial charge is 0.508 e. The molecule has 0 aliphatic carbocycles. The van der Waals surface area contributed by atoms with E-state index in [2.05, 4.69) is 0 Å². The van der Waals surface area contributed by atoms with Crippen LogP contribution < -0.4 is 18.9 Å². The van der Waals surface area contributed by atoms with Crippen molar-refractivity contribution in [1.82, 2.24) is 0 Å². The van der Waals surface area contributed by atoms with Crippen LogP contribution in [-0.2, 0) is 6.42 Å². The van der Waals surface area contributed by atoms with Gasteiger partial charge in [0.2, 0.25) is 6.79 Å². The summed E-state index contributed by atoms with van der Waals surface area (Å²) in [6.45, 7) is 0.262. The summed E-state index contributed by atoms with van der Waals surface area (Å²) in [6, 6.07) is 9.10. The number of hydrogen-bond donors (Lipinski definition) is 1. The van der Waals surface area contributed by atoms with Gasteiger partial charge in [0.05, 0.1) is 7.11 Å². The molecule has 2 aliphatic heterocycles. The molecular formula is C17H16O5. The highest BCUT2D eigenvalue weighted by atomic mass is 16.7. The topological polar surface area (TPSA) is 57.2 Å². The third kappa shape index (κ3) is 2.09. The number of hydrogen-bond acceptors (Lipinski definition) is 5. The van der Waals surface area contributed by atoms with E-state index < -0.39 is 0 Å². The van der Waals surface area contributed by atoms with Gasteiger partial charge in [0.15, 0.2) is 11.5 Å². The molecule has 2 heterocycles. The van der Waals surface area contributed by atoms with Gasteiger partial charge in [-0.3, -0.25) is 0 Å². The van der Waals surface area contributed by atoms with E-state index in [0.717, 1.165) is 35.5 Å². The zero-order chi connectivity index (χ0) is 15.1. The van der Waals surface area contributed by atoms with Gasteiger partial charge < -0.3 is 24.1 Å². The zero-order valence-electron chi connectivity index (χ0n) is 12.2.